The van der Waals surface area contributed by atoms with E-state index in [0.717, 1.165) is 30.2 Å². The number of likely N-dealkylation sites (tertiary alicyclic amines) is 1. The van der Waals surface area contributed by atoms with Gasteiger partial charge in [-0.2, -0.15) is 26.3 Å². The molecule has 1 aliphatic heterocycles. The SMILES string of the molecule is Cc1cc(C(O)(C(F)(F)F)C(F)(F)F)ccc1-c1sc(C(=O)NCC(C)C)nc1C(=O)N1CCC[C@@H]1C. The van der Waals surface area contributed by atoms with Crippen LogP contribution in [0.3, 0.4) is 0 Å². The number of benzene rings is 1. The molecular formula is C24H27F6N3O3S. The number of hydrogen-bond donors (Lipinski definition) is 2. The molecule has 1 aromatic heterocycles. The monoisotopic (exact) mass is 551 g/mol. The van der Waals surface area contributed by atoms with E-state index in [1.165, 1.54) is 6.92 Å². The number of rotatable bonds is 6. The summed E-state index contributed by atoms with van der Waals surface area (Å²) in [6.07, 6.45) is -10.5. The summed E-state index contributed by atoms with van der Waals surface area (Å²) in [5.41, 5.74) is -6.53. The lowest BCUT2D eigenvalue weighted by Crippen LogP contribution is -2.53. The van der Waals surface area contributed by atoms with Crippen molar-refractivity contribution in [2.24, 2.45) is 5.92 Å². The highest BCUT2D eigenvalue weighted by molar-refractivity contribution is 7.17. The molecule has 1 atom stereocenters. The molecule has 204 valence electrons. The Hall–Kier alpha value is -2.67. The van der Waals surface area contributed by atoms with Gasteiger partial charge >= 0.3 is 12.4 Å². The number of carbonyl (C=O) groups excluding carboxylic acids is 2. The fourth-order valence-electron chi connectivity index (χ4n) is 4.12. The summed E-state index contributed by atoms with van der Waals surface area (Å²) in [5.74, 6) is -0.901. The molecule has 2 heterocycles. The average molecular weight is 552 g/mol. The predicted octanol–water partition coefficient (Wildman–Crippen LogP) is 5.44. The molecule has 37 heavy (non-hydrogen) atoms. The van der Waals surface area contributed by atoms with Gasteiger partial charge in [-0.15, -0.1) is 11.3 Å². The smallest absolute Gasteiger partial charge is 0.369 e. The zero-order chi connectivity index (χ0) is 27.9. The first kappa shape index (κ1) is 28.9. The van der Waals surface area contributed by atoms with Gasteiger partial charge in [0.05, 0.1) is 4.88 Å². The molecule has 0 saturated carbocycles. The lowest BCUT2D eigenvalue weighted by molar-refractivity contribution is -0.376. The lowest BCUT2D eigenvalue weighted by Gasteiger charge is -2.33. The van der Waals surface area contributed by atoms with Crippen LogP contribution in [0, 0.1) is 12.8 Å². The predicted molar refractivity (Wildman–Crippen MR) is 125 cm³/mol. The van der Waals surface area contributed by atoms with E-state index in [0.29, 0.717) is 25.2 Å². The second-order valence-electron chi connectivity index (χ2n) is 9.53. The summed E-state index contributed by atoms with van der Waals surface area (Å²) < 4.78 is 80.2. The fraction of sp³-hybridized carbons (Fsp3) is 0.542. The number of aliphatic hydroxyl groups is 1. The second kappa shape index (κ2) is 10.2. The van der Waals surface area contributed by atoms with Crippen molar-refractivity contribution in [3.8, 4) is 10.4 Å². The number of aromatic nitrogens is 1. The maximum absolute atomic E-state index is 13.4. The molecule has 0 aliphatic carbocycles. The summed E-state index contributed by atoms with van der Waals surface area (Å²) >= 11 is 0.822. The molecule has 2 aromatic rings. The highest BCUT2D eigenvalue weighted by Gasteiger charge is 2.71. The van der Waals surface area contributed by atoms with Crippen molar-refractivity contribution in [1.29, 1.82) is 0 Å². The number of aryl methyl sites for hydroxylation is 1. The van der Waals surface area contributed by atoms with Crippen LogP contribution in [0.25, 0.3) is 10.4 Å². The van der Waals surface area contributed by atoms with Gasteiger partial charge in [-0.25, -0.2) is 4.98 Å². The summed E-state index contributed by atoms with van der Waals surface area (Å²) in [4.78, 5) is 32.0. The highest BCUT2D eigenvalue weighted by atomic mass is 32.1. The molecule has 0 spiro atoms. The van der Waals surface area contributed by atoms with E-state index in [4.69, 9.17) is 0 Å². The Bertz CT molecular complexity index is 1160. The molecule has 1 fully saturated rings. The molecule has 1 aliphatic rings. The number of thiazole rings is 1. The maximum atomic E-state index is 13.4. The molecular weight excluding hydrogens is 524 g/mol. The maximum Gasteiger partial charge on any atom is 0.430 e. The molecule has 2 amide bonds. The first-order valence-electron chi connectivity index (χ1n) is 11.6. The molecule has 0 unspecified atom stereocenters. The van der Waals surface area contributed by atoms with Crippen LogP contribution in [0.2, 0.25) is 0 Å². The number of alkyl halides is 6. The van der Waals surface area contributed by atoms with E-state index in [2.05, 4.69) is 10.3 Å². The van der Waals surface area contributed by atoms with Crippen LogP contribution in [0.5, 0.6) is 0 Å². The molecule has 2 N–H and O–H groups in total. The Labute approximate surface area is 213 Å². The van der Waals surface area contributed by atoms with Crippen LogP contribution in [-0.2, 0) is 5.60 Å². The largest absolute Gasteiger partial charge is 0.430 e. The topological polar surface area (TPSA) is 82.5 Å². The fourth-order valence-corrected chi connectivity index (χ4v) is 5.18. The van der Waals surface area contributed by atoms with E-state index in [-0.39, 0.29) is 38.7 Å². The highest BCUT2D eigenvalue weighted by Crippen LogP contribution is 2.50. The zero-order valence-electron chi connectivity index (χ0n) is 20.5. The first-order chi connectivity index (χ1) is 17.0. The minimum Gasteiger partial charge on any atom is -0.369 e. The van der Waals surface area contributed by atoms with Crippen molar-refractivity contribution in [3.63, 3.8) is 0 Å². The third-order valence-corrected chi connectivity index (χ3v) is 7.31. The van der Waals surface area contributed by atoms with Crippen LogP contribution in [0.1, 0.15) is 65.0 Å². The standard InChI is InChI=1S/C24H27F6N3O3S/c1-12(2)11-31-19(34)20-32-17(21(35)33-9-5-6-14(33)4)18(37-20)16-8-7-15(10-13(16)3)22(36,23(25,26)27)24(28,29)30/h7-8,10,12,14,36H,5-6,9,11H2,1-4H3,(H,31,34)/t14-/m0/s1. The van der Waals surface area contributed by atoms with Gasteiger partial charge in [0.2, 0.25) is 0 Å². The van der Waals surface area contributed by atoms with Crippen molar-refractivity contribution >= 4 is 23.2 Å². The van der Waals surface area contributed by atoms with E-state index in [1.807, 2.05) is 20.8 Å². The normalized spacial score (nSPS) is 17.0. The van der Waals surface area contributed by atoms with Crippen LogP contribution in [0.4, 0.5) is 26.3 Å². The van der Waals surface area contributed by atoms with Gasteiger partial charge in [0.25, 0.3) is 17.4 Å². The van der Waals surface area contributed by atoms with Crippen molar-refractivity contribution in [3.05, 3.63) is 40.0 Å². The Morgan fingerprint density at radius 3 is 2.30 bits per heavy atom. The average Bonchev–Trinajstić information content (AvgIpc) is 3.41. The lowest BCUT2D eigenvalue weighted by atomic mass is 9.89. The molecule has 0 radical (unpaired) electrons. The number of amides is 2. The van der Waals surface area contributed by atoms with Crippen molar-refractivity contribution < 1.29 is 41.0 Å². The molecule has 6 nitrogen and oxygen atoms in total. The Balaban J connectivity index is 2.13. The summed E-state index contributed by atoms with van der Waals surface area (Å²) in [7, 11) is 0. The molecule has 1 saturated heterocycles. The van der Waals surface area contributed by atoms with Gasteiger partial charge in [-0.1, -0.05) is 32.0 Å². The molecule has 13 heteroatoms. The minimum atomic E-state index is -6.03. The number of hydrogen-bond acceptors (Lipinski definition) is 5. The molecule has 3 rings (SSSR count). The quantitative estimate of drug-likeness (QED) is 0.469. The first-order valence-corrected chi connectivity index (χ1v) is 12.4. The van der Waals surface area contributed by atoms with E-state index in [9.17, 15) is 41.0 Å². The van der Waals surface area contributed by atoms with E-state index >= 15 is 0 Å². The minimum absolute atomic E-state index is 0.0589. The van der Waals surface area contributed by atoms with Gasteiger partial charge in [0, 0.05) is 24.7 Å². The Morgan fingerprint density at radius 1 is 1.19 bits per heavy atom. The summed E-state index contributed by atoms with van der Waals surface area (Å²) in [5, 5.41) is 12.4. The van der Waals surface area contributed by atoms with E-state index in [1.54, 1.807) is 4.90 Å². The van der Waals surface area contributed by atoms with Crippen LogP contribution < -0.4 is 5.32 Å². The van der Waals surface area contributed by atoms with Crippen molar-refractivity contribution in [2.75, 3.05) is 13.1 Å². The summed E-state index contributed by atoms with van der Waals surface area (Å²) in [6.45, 7) is 7.66. The van der Waals surface area contributed by atoms with Gasteiger partial charge in [0.15, 0.2) is 5.01 Å². The van der Waals surface area contributed by atoms with Gasteiger partial charge in [-0.3, -0.25) is 9.59 Å². The van der Waals surface area contributed by atoms with Crippen molar-refractivity contribution in [1.82, 2.24) is 15.2 Å². The van der Waals surface area contributed by atoms with Gasteiger partial charge in [-0.05, 0) is 43.7 Å². The molecule has 1 aromatic carbocycles. The van der Waals surface area contributed by atoms with Crippen molar-refractivity contribution in [2.45, 2.75) is 64.5 Å². The number of nitrogens with zero attached hydrogens (tertiary/aromatic N) is 2. The second-order valence-corrected chi connectivity index (χ2v) is 10.5. The third-order valence-electron chi connectivity index (χ3n) is 6.22. The number of halogens is 6. The Kier molecular flexibility index (Phi) is 8.00. The van der Waals surface area contributed by atoms with Gasteiger partial charge < -0.3 is 15.3 Å². The van der Waals surface area contributed by atoms with Gasteiger partial charge in [0.1, 0.15) is 5.69 Å². The third kappa shape index (κ3) is 5.47. The number of carbonyl (C=O) groups is 2. The molecule has 0 bridgehead atoms. The zero-order valence-corrected chi connectivity index (χ0v) is 21.4. The van der Waals surface area contributed by atoms with Crippen LogP contribution in [-0.4, -0.2) is 58.3 Å². The number of nitrogens with one attached hydrogen (secondary N) is 1. The van der Waals surface area contributed by atoms with Crippen LogP contribution in [0.15, 0.2) is 18.2 Å². The van der Waals surface area contributed by atoms with Crippen LogP contribution >= 0.6 is 11.3 Å². The van der Waals surface area contributed by atoms with E-state index < -0.39 is 35.3 Å². The Morgan fingerprint density at radius 2 is 1.81 bits per heavy atom. The summed E-state index contributed by atoms with van der Waals surface area (Å²) in [6, 6.07) is 1.98.